The lowest BCUT2D eigenvalue weighted by Crippen LogP contribution is -2.51. The quantitative estimate of drug-likeness (QED) is 0.314. The highest BCUT2D eigenvalue weighted by Gasteiger charge is 2.51. The molecule has 1 aromatic carbocycles. The smallest absolute Gasteiger partial charge is 0.412 e. The van der Waals surface area contributed by atoms with Crippen LogP contribution in [0.25, 0.3) is 0 Å². The number of hydrogen-bond donors (Lipinski definition) is 0. The molecular formula is C28H45NO4. The highest BCUT2D eigenvalue weighted by molar-refractivity contribution is 5.79. The predicted octanol–water partition coefficient (Wildman–Crippen LogP) is 7.07. The molecule has 1 aliphatic rings. The van der Waals surface area contributed by atoms with E-state index in [4.69, 9.17) is 9.47 Å². The summed E-state index contributed by atoms with van der Waals surface area (Å²) in [7, 11) is 0. The summed E-state index contributed by atoms with van der Waals surface area (Å²) < 4.78 is 12.0. The van der Waals surface area contributed by atoms with Gasteiger partial charge in [-0.1, -0.05) is 75.8 Å². The molecule has 1 amide bonds. The van der Waals surface area contributed by atoms with Crippen molar-refractivity contribution in [3.8, 4) is 0 Å². The lowest BCUT2D eigenvalue weighted by molar-refractivity contribution is -0.124. The fourth-order valence-corrected chi connectivity index (χ4v) is 4.60. The average molecular weight is 460 g/mol. The first-order valence-corrected chi connectivity index (χ1v) is 12.8. The Hall–Kier alpha value is -1.88. The van der Waals surface area contributed by atoms with Crippen molar-refractivity contribution in [2.24, 2.45) is 0 Å². The second-order valence-electron chi connectivity index (χ2n) is 10.8. The number of nitrogens with zero attached hydrogens (tertiary/aromatic N) is 1. The first-order chi connectivity index (χ1) is 15.5. The van der Waals surface area contributed by atoms with Crippen molar-refractivity contribution in [1.82, 2.24) is 4.90 Å². The largest absolute Gasteiger partial charge is 0.444 e. The van der Waals surface area contributed by atoms with E-state index in [2.05, 4.69) is 19.1 Å². The molecule has 0 aromatic heterocycles. The zero-order chi connectivity index (χ0) is 24.5. The van der Waals surface area contributed by atoms with Crippen LogP contribution in [0.15, 0.2) is 30.3 Å². The molecule has 186 valence electrons. The van der Waals surface area contributed by atoms with Crippen molar-refractivity contribution in [2.45, 2.75) is 129 Å². The number of amides is 1. The van der Waals surface area contributed by atoms with Crippen molar-refractivity contribution in [1.29, 1.82) is 0 Å². The van der Waals surface area contributed by atoms with Gasteiger partial charge in [-0.2, -0.15) is 0 Å². The summed E-state index contributed by atoms with van der Waals surface area (Å²) >= 11 is 0. The normalized spacial score (nSPS) is 20.1. The Morgan fingerprint density at radius 2 is 1.61 bits per heavy atom. The van der Waals surface area contributed by atoms with Crippen LogP contribution in [0.1, 0.15) is 105 Å². The van der Waals surface area contributed by atoms with Crippen LogP contribution in [-0.2, 0) is 20.7 Å². The minimum absolute atomic E-state index is 0.216. The van der Waals surface area contributed by atoms with Crippen LogP contribution < -0.4 is 0 Å². The third-order valence-electron chi connectivity index (χ3n) is 6.15. The van der Waals surface area contributed by atoms with E-state index in [1.54, 1.807) is 4.90 Å². The number of Topliss-reactive ketones (excluding diaryl/α,β-unsaturated/α-hetero) is 1. The van der Waals surface area contributed by atoms with Crippen molar-refractivity contribution in [3.63, 3.8) is 0 Å². The molecule has 0 spiro atoms. The number of benzene rings is 1. The molecule has 33 heavy (non-hydrogen) atoms. The molecule has 0 saturated carbocycles. The first kappa shape index (κ1) is 27.4. The van der Waals surface area contributed by atoms with Gasteiger partial charge in [0.2, 0.25) is 0 Å². The van der Waals surface area contributed by atoms with E-state index in [1.165, 1.54) is 32.1 Å². The number of ketones is 1. The highest BCUT2D eigenvalue weighted by atomic mass is 16.6. The van der Waals surface area contributed by atoms with Crippen LogP contribution in [-0.4, -0.2) is 40.2 Å². The molecule has 0 unspecified atom stereocenters. The molecule has 1 saturated heterocycles. The summed E-state index contributed by atoms with van der Waals surface area (Å²) in [5, 5.41) is 0. The lowest BCUT2D eigenvalue weighted by Gasteiger charge is -2.35. The van der Waals surface area contributed by atoms with E-state index in [1.807, 2.05) is 52.8 Å². The van der Waals surface area contributed by atoms with Crippen LogP contribution in [0.2, 0.25) is 0 Å². The van der Waals surface area contributed by atoms with E-state index < -0.39 is 17.4 Å². The van der Waals surface area contributed by atoms with Crippen LogP contribution in [0.4, 0.5) is 4.79 Å². The molecule has 5 nitrogen and oxygen atoms in total. The van der Waals surface area contributed by atoms with Gasteiger partial charge in [-0.3, -0.25) is 9.69 Å². The van der Waals surface area contributed by atoms with Crippen molar-refractivity contribution < 1.29 is 19.1 Å². The molecule has 2 rings (SSSR count). The molecule has 0 aliphatic carbocycles. The SMILES string of the molecule is CCCCCCCCCC(=O)C[C@@H]1OC(C)(C)N(C(=O)OC(C)(C)C)[C@H]1Cc1ccccc1. The average Bonchev–Trinajstić information content (AvgIpc) is 2.95. The van der Waals surface area contributed by atoms with Crippen molar-refractivity contribution in [3.05, 3.63) is 35.9 Å². The maximum Gasteiger partial charge on any atom is 0.412 e. The Kier molecular flexibility index (Phi) is 10.4. The summed E-state index contributed by atoms with van der Waals surface area (Å²) in [6.45, 7) is 11.6. The Labute approximate surface area is 201 Å². The monoisotopic (exact) mass is 459 g/mol. The number of unbranched alkanes of at least 4 members (excludes halogenated alkanes) is 6. The minimum atomic E-state index is -0.841. The lowest BCUT2D eigenvalue weighted by atomic mass is 9.95. The van der Waals surface area contributed by atoms with Crippen LogP contribution in [0.3, 0.4) is 0 Å². The topological polar surface area (TPSA) is 55.8 Å². The van der Waals surface area contributed by atoms with Gasteiger partial charge in [0.25, 0.3) is 0 Å². The third kappa shape index (κ3) is 9.11. The number of hydrogen-bond acceptors (Lipinski definition) is 4. The first-order valence-electron chi connectivity index (χ1n) is 12.8. The molecular weight excluding hydrogens is 414 g/mol. The fourth-order valence-electron chi connectivity index (χ4n) is 4.60. The maximum absolute atomic E-state index is 13.2. The zero-order valence-corrected chi connectivity index (χ0v) is 21.7. The minimum Gasteiger partial charge on any atom is -0.444 e. The number of ether oxygens (including phenoxy) is 2. The van der Waals surface area contributed by atoms with Crippen LogP contribution in [0, 0.1) is 0 Å². The summed E-state index contributed by atoms with van der Waals surface area (Å²) in [6, 6.07) is 9.82. The van der Waals surface area contributed by atoms with E-state index in [0.717, 1.165) is 18.4 Å². The van der Waals surface area contributed by atoms with E-state index in [0.29, 0.717) is 19.3 Å². The zero-order valence-electron chi connectivity index (χ0n) is 21.7. The Morgan fingerprint density at radius 1 is 1.00 bits per heavy atom. The van der Waals surface area contributed by atoms with E-state index >= 15 is 0 Å². The summed E-state index contributed by atoms with van der Waals surface area (Å²) in [5.74, 6) is 0.216. The van der Waals surface area contributed by atoms with Gasteiger partial charge in [-0.15, -0.1) is 0 Å². The Balaban J connectivity index is 2.05. The Bertz CT molecular complexity index is 738. The number of carbonyl (C=O) groups is 2. The maximum atomic E-state index is 13.2. The van der Waals surface area contributed by atoms with Gasteiger partial charge in [0.15, 0.2) is 0 Å². The number of rotatable bonds is 12. The molecule has 0 N–H and O–H groups in total. The van der Waals surface area contributed by atoms with Gasteiger partial charge in [0, 0.05) is 12.8 Å². The second-order valence-corrected chi connectivity index (χ2v) is 10.8. The molecule has 1 heterocycles. The summed E-state index contributed by atoms with van der Waals surface area (Å²) in [6.07, 6.45) is 9.12. The highest BCUT2D eigenvalue weighted by Crippen LogP contribution is 2.37. The summed E-state index contributed by atoms with van der Waals surface area (Å²) in [5.41, 5.74) is -0.330. The van der Waals surface area contributed by atoms with Gasteiger partial charge in [0.1, 0.15) is 17.1 Å². The van der Waals surface area contributed by atoms with Crippen LogP contribution >= 0.6 is 0 Å². The van der Waals surface area contributed by atoms with E-state index in [9.17, 15) is 9.59 Å². The Morgan fingerprint density at radius 3 is 2.21 bits per heavy atom. The van der Waals surface area contributed by atoms with Crippen molar-refractivity contribution >= 4 is 11.9 Å². The van der Waals surface area contributed by atoms with Gasteiger partial charge in [0.05, 0.1) is 12.1 Å². The second kappa shape index (κ2) is 12.5. The standard InChI is InChI=1S/C28H45NO4/c1-7-8-9-10-11-12-16-19-23(30)21-25-24(20-22-17-14-13-15-18-22)29(28(5,6)32-25)26(31)33-27(2,3)4/h13-15,17-18,24-25H,7-12,16,19-21H2,1-6H3/t24-,25-/m0/s1. The molecule has 1 fully saturated rings. The third-order valence-corrected chi connectivity index (χ3v) is 6.15. The van der Waals surface area contributed by atoms with Crippen LogP contribution in [0.5, 0.6) is 0 Å². The van der Waals surface area contributed by atoms with E-state index in [-0.39, 0.29) is 17.9 Å². The van der Waals surface area contributed by atoms with Gasteiger partial charge in [-0.25, -0.2) is 4.79 Å². The molecule has 0 radical (unpaired) electrons. The molecule has 1 aromatic rings. The molecule has 0 bridgehead atoms. The van der Waals surface area contributed by atoms with Gasteiger partial charge in [-0.05, 0) is 53.0 Å². The van der Waals surface area contributed by atoms with Gasteiger partial charge >= 0.3 is 6.09 Å². The molecule has 2 atom stereocenters. The van der Waals surface area contributed by atoms with Crippen molar-refractivity contribution in [2.75, 3.05) is 0 Å². The van der Waals surface area contributed by atoms with Gasteiger partial charge < -0.3 is 9.47 Å². The summed E-state index contributed by atoms with van der Waals surface area (Å²) in [4.78, 5) is 27.7. The number of carbonyl (C=O) groups excluding carboxylic acids is 2. The fraction of sp³-hybridized carbons (Fsp3) is 0.714. The predicted molar refractivity (Wildman–Crippen MR) is 133 cm³/mol. The molecule has 5 heteroatoms. The molecule has 1 aliphatic heterocycles.